The highest BCUT2D eigenvalue weighted by Gasteiger charge is 2.07. The molecule has 0 saturated carbocycles. The summed E-state index contributed by atoms with van der Waals surface area (Å²) in [4.78, 5) is 10.4. The van der Waals surface area contributed by atoms with E-state index in [1.54, 1.807) is 0 Å². The minimum atomic E-state index is -0.827. The molecule has 0 aliphatic rings. The number of para-hydroxylation sites is 1. The fourth-order valence-corrected chi connectivity index (χ4v) is 1.50. The number of nitrogens with zero attached hydrogens (tertiary/aromatic N) is 2. The summed E-state index contributed by atoms with van der Waals surface area (Å²) in [5.41, 5.74) is 0. The molecule has 0 aliphatic heterocycles. The van der Waals surface area contributed by atoms with Crippen LogP contribution < -0.4 is 4.74 Å². The average molecular weight is 262 g/mol. The van der Waals surface area contributed by atoms with Crippen LogP contribution in [0.25, 0.3) is 0 Å². The molecule has 0 saturated heterocycles. The van der Waals surface area contributed by atoms with Crippen LogP contribution in [-0.4, -0.2) is 21.3 Å². The number of carboxylic acids is 1. The Morgan fingerprint density at radius 3 is 2.68 bits per heavy atom. The van der Waals surface area contributed by atoms with Gasteiger partial charge in [0.25, 0.3) is 5.89 Å². The maximum atomic E-state index is 10.4. The first kappa shape index (κ1) is 13.1. The molecule has 100 valence electrons. The lowest BCUT2D eigenvalue weighted by atomic mass is 10.2. The largest absolute Gasteiger partial charge is 0.484 e. The van der Waals surface area contributed by atoms with Gasteiger partial charge in [-0.15, -0.1) is 10.2 Å². The molecule has 2 rings (SSSR count). The summed E-state index contributed by atoms with van der Waals surface area (Å²) in [5, 5.41) is 16.2. The SMILES string of the molecule is O=C(O)CCCc1nnc(COc2ccccc2)o1. The van der Waals surface area contributed by atoms with E-state index < -0.39 is 5.97 Å². The van der Waals surface area contributed by atoms with Gasteiger partial charge < -0.3 is 14.3 Å². The van der Waals surface area contributed by atoms with Crippen LogP contribution in [0.5, 0.6) is 5.75 Å². The number of aliphatic carboxylic acids is 1. The number of carboxylic acid groups (broad SMARTS) is 1. The zero-order valence-electron chi connectivity index (χ0n) is 10.3. The van der Waals surface area contributed by atoms with Crippen LogP contribution in [0.3, 0.4) is 0 Å². The summed E-state index contributed by atoms with van der Waals surface area (Å²) in [6, 6.07) is 9.33. The van der Waals surface area contributed by atoms with Gasteiger partial charge in [-0.2, -0.15) is 0 Å². The lowest BCUT2D eigenvalue weighted by Gasteiger charge is -2.01. The quantitative estimate of drug-likeness (QED) is 0.822. The summed E-state index contributed by atoms with van der Waals surface area (Å²) in [7, 11) is 0. The van der Waals surface area contributed by atoms with Crippen molar-refractivity contribution >= 4 is 5.97 Å². The number of benzene rings is 1. The van der Waals surface area contributed by atoms with Crippen molar-refractivity contribution in [2.45, 2.75) is 25.9 Å². The summed E-state index contributed by atoms with van der Waals surface area (Å²) >= 11 is 0. The van der Waals surface area contributed by atoms with Gasteiger partial charge >= 0.3 is 5.97 Å². The van der Waals surface area contributed by atoms with Gasteiger partial charge in [0.05, 0.1) is 0 Å². The van der Waals surface area contributed by atoms with E-state index >= 15 is 0 Å². The molecule has 0 amide bonds. The van der Waals surface area contributed by atoms with Crippen molar-refractivity contribution in [3.05, 3.63) is 42.1 Å². The van der Waals surface area contributed by atoms with Crippen molar-refractivity contribution in [3.8, 4) is 5.75 Å². The van der Waals surface area contributed by atoms with E-state index in [1.165, 1.54) is 0 Å². The topological polar surface area (TPSA) is 85.5 Å². The van der Waals surface area contributed by atoms with E-state index in [2.05, 4.69) is 10.2 Å². The highest BCUT2D eigenvalue weighted by atomic mass is 16.5. The molecule has 1 N–H and O–H groups in total. The minimum absolute atomic E-state index is 0.0955. The lowest BCUT2D eigenvalue weighted by Crippen LogP contribution is -1.96. The zero-order valence-corrected chi connectivity index (χ0v) is 10.3. The molecule has 0 radical (unpaired) electrons. The third kappa shape index (κ3) is 4.42. The predicted octanol–water partition coefficient (Wildman–Crippen LogP) is 2.06. The molecule has 6 heteroatoms. The van der Waals surface area contributed by atoms with E-state index in [9.17, 15) is 4.79 Å². The average Bonchev–Trinajstić information content (AvgIpc) is 2.85. The van der Waals surface area contributed by atoms with Gasteiger partial charge in [-0.25, -0.2) is 0 Å². The van der Waals surface area contributed by atoms with Gasteiger partial charge in [-0.3, -0.25) is 4.79 Å². The van der Waals surface area contributed by atoms with E-state index in [0.717, 1.165) is 5.75 Å². The first-order valence-corrected chi connectivity index (χ1v) is 5.95. The molecule has 1 heterocycles. The molecular formula is C13H14N2O4. The monoisotopic (exact) mass is 262 g/mol. The van der Waals surface area contributed by atoms with E-state index in [1.807, 2.05) is 30.3 Å². The van der Waals surface area contributed by atoms with Crippen LogP contribution in [-0.2, 0) is 17.8 Å². The maximum Gasteiger partial charge on any atom is 0.303 e. The van der Waals surface area contributed by atoms with E-state index in [0.29, 0.717) is 24.6 Å². The Kier molecular flexibility index (Phi) is 4.49. The fourth-order valence-electron chi connectivity index (χ4n) is 1.50. The third-order valence-corrected chi connectivity index (χ3v) is 2.40. The van der Waals surface area contributed by atoms with Crippen molar-refractivity contribution in [2.24, 2.45) is 0 Å². The van der Waals surface area contributed by atoms with E-state index in [4.69, 9.17) is 14.3 Å². The molecule has 0 spiro atoms. The smallest absolute Gasteiger partial charge is 0.303 e. The van der Waals surface area contributed by atoms with Gasteiger partial charge in [-0.1, -0.05) is 18.2 Å². The van der Waals surface area contributed by atoms with Crippen molar-refractivity contribution in [2.75, 3.05) is 0 Å². The Morgan fingerprint density at radius 2 is 1.95 bits per heavy atom. The van der Waals surface area contributed by atoms with E-state index in [-0.39, 0.29) is 13.0 Å². The zero-order chi connectivity index (χ0) is 13.5. The molecule has 0 bridgehead atoms. The molecule has 1 aromatic heterocycles. The highest BCUT2D eigenvalue weighted by Crippen LogP contribution is 2.11. The van der Waals surface area contributed by atoms with Gasteiger partial charge in [-0.05, 0) is 18.6 Å². The second-order valence-electron chi connectivity index (χ2n) is 3.94. The number of rotatable bonds is 7. The Morgan fingerprint density at radius 1 is 1.21 bits per heavy atom. The van der Waals surface area contributed by atoms with Crippen molar-refractivity contribution in [1.82, 2.24) is 10.2 Å². The second-order valence-corrected chi connectivity index (χ2v) is 3.94. The third-order valence-electron chi connectivity index (χ3n) is 2.40. The normalized spacial score (nSPS) is 10.3. The minimum Gasteiger partial charge on any atom is -0.484 e. The number of ether oxygens (including phenoxy) is 1. The van der Waals surface area contributed by atoms with Crippen LogP contribution in [0.15, 0.2) is 34.7 Å². The number of aryl methyl sites for hydroxylation is 1. The molecule has 0 unspecified atom stereocenters. The fraction of sp³-hybridized carbons (Fsp3) is 0.308. The summed E-state index contributed by atoms with van der Waals surface area (Å²) < 4.78 is 10.8. The number of hydrogen-bond acceptors (Lipinski definition) is 5. The van der Waals surface area contributed by atoms with Crippen LogP contribution in [0.2, 0.25) is 0 Å². The molecule has 1 aromatic carbocycles. The van der Waals surface area contributed by atoms with Crippen LogP contribution >= 0.6 is 0 Å². The summed E-state index contributed by atoms with van der Waals surface area (Å²) in [6.45, 7) is 0.204. The Hall–Kier alpha value is -2.37. The van der Waals surface area contributed by atoms with Gasteiger partial charge in [0.15, 0.2) is 6.61 Å². The highest BCUT2D eigenvalue weighted by molar-refractivity contribution is 5.66. The molecule has 0 aliphatic carbocycles. The molecule has 0 fully saturated rings. The number of carbonyl (C=O) groups is 1. The Bertz CT molecular complexity index is 524. The molecule has 0 atom stereocenters. The molecule has 6 nitrogen and oxygen atoms in total. The molecular weight excluding hydrogens is 248 g/mol. The summed E-state index contributed by atoms with van der Waals surface area (Å²) in [6.07, 6.45) is 1.04. The first-order valence-electron chi connectivity index (χ1n) is 5.95. The first-order chi connectivity index (χ1) is 9.24. The van der Waals surface area contributed by atoms with Crippen LogP contribution in [0.1, 0.15) is 24.6 Å². The standard InChI is InChI=1S/C13H14N2O4/c16-13(17)8-4-7-11-14-15-12(19-11)9-18-10-5-2-1-3-6-10/h1-3,5-6H,4,7-9H2,(H,16,17). The van der Waals surface area contributed by atoms with Gasteiger partial charge in [0.2, 0.25) is 5.89 Å². The molecule has 2 aromatic rings. The van der Waals surface area contributed by atoms with Gasteiger partial charge in [0, 0.05) is 12.8 Å². The number of hydrogen-bond donors (Lipinski definition) is 1. The van der Waals surface area contributed by atoms with Crippen molar-refractivity contribution in [1.29, 1.82) is 0 Å². The van der Waals surface area contributed by atoms with Crippen LogP contribution in [0.4, 0.5) is 0 Å². The second kappa shape index (κ2) is 6.53. The lowest BCUT2D eigenvalue weighted by molar-refractivity contribution is -0.137. The molecule has 19 heavy (non-hydrogen) atoms. The Labute approximate surface area is 110 Å². The van der Waals surface area contributed by atoms with Crippen molar-refractivity contribution < 1.29 is 19.1 Å². The Balaban J connectivity index is 1.79. The summed E-state index contributed by atoms with van der Waals surface area (Å²) in [5.74, 6) is 0.724. The van der Waals surface area contributed by atoms with Crippen LogP contribution in [0, 0.1) is 0 Å². The van der Waals surface area contributed by atoms with Gasteiger partial charge in [0.1, 0.15) is 5.75 Å². The predicted molar refractivity (Wildman–Crippen MR) is 65.6 cm³/mol. The van der Waals surface area contributed by atoms with Crippen molar-refractivity contribution in [3.63, 3.8) is 0 Å². The number of aromatic nitrogens is 2. The maximum absolute atomic E-state index is 10.4.